The molecule has 9 heteroatoms. The summed E-state index contributed by atoms with van der Waals surface area (Å²) in [6.45, 7) is 0. The van der Waals surface area contributed by atoms with Crippen LogP contribution in [0.5, 0.6) is 0 Å². The molecule has 0 radical (unpaired) electrons. The van der Waals surface area contributed by atoms with Crippen molar-refractivity contribution in [1.82, 2.24) is 14.8 Å². The minimum atomic E-state index is -0.917. The number of nitrogens with zero attached hydrogens (tertiary/aromatic N) is 3. The first-order valence-electron chi connectivity index (χ1n) is 7.04. The molecule has 0 saturated carbocycles. The quantitative estimate of drug-likeness (QED) is 0.679. The van der Waals surface area contributed by atoms with E-state index in [1.54, 1.807) is 36.0 Å². The lowest BCUT2D eigenvalue weighted by atomic mass is 10.2. The molecule has 1 aromatic heterocycles. The first-order valence-corrected chi connectivity index (χ1v) is 8.65. The molecule has 0 aliphatic rings. The average Bonchev–Trinajstić information content (AvgIpc) is 2.86. The van der Waals surface area contributed by atoms with Crippen LogP contribution in [0.2, 0.25) is 0 Å². The zero-order valence-electron chi connectivity index (χ0n) is 12.8. The molecule has 128 valence electrons. The lowest BCUT2D eigenvalue weighted by molar-refractivity contribution is 0.101. The van der Waals surface area contributed by atoms with Crippen molar-refractivity contribution < 1.29 is 13.6 Å². The maximum atomic E-state index is 13.8. The largest absolute Gasteiger partial charge is 0.321 e. The number of hydrogen-bond donors (Lipinski definition) is 1. The van der Waals surface area contributed by atoms with Gasteiger partial charge in [0, 0.05) is 11.9 Å². The molecule has 0 bridgehead atoms. The van der Waals surface area contributed by atoms with E-state index in [4.69, 9.17) is 0 Å². The second-order valence-electron chi connectivity index (χ2n) is 4.94. The van der Waals surface area contributed by atoms with E-state index >= 15 is 0 Å². The van der Waals surface area contributed by atoms with E-state index in [9.17, 15) is 13.6 Å². The molecule has 3 rings (SSSR count). The number of halogens is 3. The Balaban J connectivity index is 1.89. The summed E-state index contributed by atoms with van der Waals surface area (Å²) in [5, 5.41) is 7.22. The smallest absolute Gasteiger partial charge is 0.261 e. The summed E-state index contributed by atoms with van der Waals surface area (Å²) >= 11 is 4.46. The van der Waals surface area contributed by atoms with E-state index in [1.807, 2.05) is 0 Å². The Kier molecular flexibility index (Phi) is 5.14. The van der Waals surface area contributed by atoms with Crippen molar-refractivity contribution in [3.05, 3.63) is 64.4 Å². The van der Waals surface area contributed by atoms with E-state index in [0.29, 0.717) is 20.5 Å². The maximum absolute atomic E-state index is 13.8. The van der Waals surface area contributed by atoms with Gasteiger partial charge < -0.3 is 5.32 Å². The first kappa shape index (κ1) is 17.6. The lowest BCUT2D eigenvalue weighted by Crippen LogP contribution is -2.16. The topological polar surface area (TPSA) is 59.8 Å². The molecule has 0 atom stereocenters. The molecule has 1 heterocycles. The van der Waals surface area contributed by atoms with Crippen LogP contribution >= 0.6 is 27.7 Å². The highest BCUT2D eigenvalue weighted by molar-refractivity contribution is 9.10. The molecule has 0 spiro atoms. The van der Waals surface area contributed by atoms with E-state index in [-0.39, 0.29) is 0 Å². The molecule has 2 aromatic carbocycles. The average molecular weight is 425 g/mol. The highest BCUT2D eigenvalue weighted by Crippen LogP contribution is 2.33. The zero-order chi connectivity index (χ0) is 18.0. The van der Waals surface area contributed by atoms with E-state index < -0.39 is 23.1 Å². The lowest BCUT2D eigenvalue weighted by Gasteiger charge is -2.11. The van der Waals surface area contributed by atoms with Crippen molar-refractivity contribution in [1.29, 1.82) is 0 Å². The number of nitrogens with one attached hydrogen (secondary N) is 1. The van der Waals surface area contributed by atoms with Gasteiger partial charge in [0.1, 0.15) is 17.2 Å². The normalized spacial score (nSPS) is 10.7. The second kappa shape index (κ2) is 7.32. The summed E-state index contributed by atoms with van der Waals surface area (Å²) in [6.07, 6.45) is 0. The van der Waals surface area contributed by atoms with Gasteiger partial charge in [-0.05, 0) is 52.0 Å². The minimum absolute atomic E-state index is 0.416. The van der Waals surface area contributed by atoms with Crippen LogP contribution < -0.4 is 5.32 Å². The molecular weight excluding hydrogens is 414 g/mol. The molecular formula is C16H11BrF2N4OS. The third-order valence-electron chi connectivity index (χ3n) is 3.22. The van der Waals surface area contributed by atoms with Crippen molar-refractivity contribution >= 4 is 39.3 Å². The van der Waals surface area contributed by atoms with Gasteiger partial charge in [-0.25, -0.2) is 13.5 Å². The van der Waals surface area contributed by atoms with Gasteiger partial charge in [0.05, 0.1) is 5.69 Å². The van der Waals surface area contributed by atoms with Crippen LogP contribution in [-0.4, -0.2) is 20.7 Å². The SMILES string of the molecule is Cn1nc(Br)nc1Sc1ccccc1NC(=O)c1c(F)cccc1F. The van der Waals surface area contributed by atoms with Gasteiger partial charge in [0.2, 0.25) is 4.73 Å². The van der Waals surface area contributed by atoms with Crippen LogP contribution in [0.25, 0.3) is 0 Å². The van der Waals surface area contributed by atoms with Crippen LogP contribution in [-0.2, 0) is 7.05 Å². The summed E-state index contributed by atoms with van der Waals surface area (Å²) in [4.78, 5) is 17.2. The van der Waals surface area contributed by atoms with Crippen molar-refractivity contribution in [3.63, 3.8) is 0 Å². The van der Waals surface area contributed by atoms with Crippen molar-refractivity contribution in [2.75, 3.05) is 5.32 Å². The highest BCUT2D eigenvalue weighted by atomic mass is 79.9. The Morgan fingerprint density at radius 3 is 2.48 bits per heavy atom. The number of hydrogen-bond acceptors (Lipinski definition) is 4. The maximum Gasteiger partial charge on any atom is 0.261 e. The van der Waals surface area contributed by atoms with Gasteiger partial charge in [-0.1, -0.05) is 18.2 Å². The number of anilines is 1. The standard InChI is InChI=1S/C16H11BrF2N4OS/c1-23-16(21-15(17)22-23)25-12-8-3-2-7-11(12)20-14(24)13-9(18)5-4-6-10(13)19/h2-8H,1H3,(H,20,24). The summed E-state index contributed by atoms with van der Waals surface area (Å²) in [5.41, 5.74) is -0.206. The number of carbonyl (C=O) groups excluding carboxylic acids is 1. The Morgan fingerprint density at radius 1 is 1.16 bits per heavy atom. The third kappa shape index (κ3) is 3.88. The van der Waals surface area contributed by atoms with Crippen molar-refractivity contribution in [3.8, 4) is 0 Å². The van der Waals surface area contributed by atoms with Crippen LogP contribution in [0.3, 0.4) is 0 Å². The predicted octanol–water partition coefficient (Wildman–Crippen LogP) is 4.26. The number of amides is 1. The molecule has 0 saturated heterocycles. The zero-order valence-corrected chi connectivity index (χ0v) is 15.2. The molecule has 3 aromatic rings. The van der Waals surface area contributed by atoms with Crippen LogP contribution in [0, 0.1) is 11.6 Å². The molecule has 0 fully saturated rings. The predicted molar refractivity (Wildman–Crippen MR) is 93.6 cm³/mol. The Bertz CT molecular complexity index is 927. The number of para-hydroxylation sites is 1. The van der Waals surface area contributed by atoms with E-state index in [2.05, 4.69) is 31.3 Å². The highest BCUT2D eigenvalue weighted by Gasteiger charge is 2.19. The van der Waals surface area contributed by atoms with Crippen LogP contribution in [0.4, 0.5) is 14.5 Å². The number of aryl methyl sites for hydroxylation is 1. The summed E-state index contributed by atoms with van der Waals surface area (Å²) in [7, 11) is 1.73. The number of carbonyl (C=O) groups is 1. The monoisotopic (exact) mass is 424 g/mol. The minimum Gasteiger partial charge on any atom is -0.321 e. The van der Waals surface area contributed by atoms with Gasteiger partial charge in [-0.2, -0.15) is 4.98 Å². The first-order chi connectivity index (χ1) is 12.0. The Hall–Kier alpha value is -2.26. The van der Waals surface area contributed by atoms with E-state index in [0.717, 1.165) is 12.1 Å². The molecule has 5 nitrogen and oxygen atoms in total. The van der Waals surface area contributed by atoms with Gasteiger partial charge in [-0.15, -0.1) is 5.10 Å². The van der Waals surface area contributed by atoms with Gasteiger partial charge in [0.25, 0.3) is 5.91 Å². The molecule has 0 unspecified atom stereocenters. The summed E-state index contributed by atoms with van der Waals surface area (Å²) < 4.78 is 29.6. The van der Waals surface area contributed by atoms with E-state index in [1.165, 1.54) is 17.8 Å². The van der Waals surface area contributed by atoms with Crippen molar-refractivity contribution in [2.45, 2.75) is 10.1 Å². The fourth-order valence-corrected chi connectivity index (χ4v) is 3.49. The van der Waals surface area contributed by atoms with Crippen molar-refractivity contribution in [2.24, 2.45) is 7.05 Å². The summed E-state index contributed by atoms with van der Waals surface area (Å²) in [5.74, 6) is -2.69. The Morgan fingerprint density at radius 2 is 1.84 bits per heavy atom. The molecule has 0 aliphatic carbocycles. The molecule has 0 aliphatic heterocycles. The van der Waals surface area contributed by atoms with Crippen LogP contribution in [0.15, 0.2) is 57.3 Å². The number of benzene rings is 2. The second-order valence-corrected chi connectivity index (χ2v) is 6.65. The molecule has 1 amide bonds. The Labute approximate surface area is 154 Å². The number of rotatable bonds is 4. The number of aromatic nitrogens is 3. The fraction of sp³-hybridized carbons (Fsp3) is 0.0625. The molecule has 1 N–H and O–H groups in total. The summed E-state index contributed by atoms with van der Waals surface area (Å²) in [6, 6.07) is 10.2. The van der Waals surface area contributed by atoms with Crippen LogP contribution in [0.1, 0.15) is 10.4 Å². The third-order valence-corrected chi connectivity index (χ3v) is 4.67. The molecule has 25 heavy (non-hydrogen) atoms. The van der Waals surface area contributed by atoms with Gasteiger partial charge in [-0.3, -0.25) is 4.79 Å². The van der Waals surface area contributed by atoms with Gasteiger partial charge in [0.15, 0.2) is 5.16 Å². The fourth-order valence-electron chi connectivity index (χ4n) is 2.09. The van der Waals surface area contributed by atoms with Gasteiger partial charge >= 0.3 is 0 Å².